The van der Waals surface area contributed by atoms with Crippen molar-refractivity contribution < 1.29 is 19.1 Å². The molecular weight excluding hydrogens is 403 g/mol. The number of halogens is 2. The molecule has 2 aromatic carbocycles. The number of anilines is 1. The number of rotatable bonds is 8. The summed E-state index contributed by atoms with van der Waals surface area (Å²) in [6.07, 6.45) is 0. The van der Waals surface area contributed by atoms with E-state index in [1.165, 1.54) is 12.0 Å². The van der Waals surface area contributed by atoms with Crippen molar-refractivity contribution in [3.8, 4) is 11.5 Å². The van der Waals surface area contributed by atoms with Crippen LogP contribution in [-0.4, -0.2) is 43.5 Å². The molecule has 0 atom stereocenters. The van der Waals surface area contributed by atoms with Gasteiger partial charge in [0, 0.05) is 12.1 Å². The molecule has 0 heterocycles. The summed E-state index contributed by atoms with van der Waals surface area (Å²) in [5, 5.41) is 3.31. The van der Waals surface area contributed by atoms with Gasteiger partial charge < -0.3 is 19.7 Å². The van der Waals surface area contributed by atoms with E-state index < -0.39 is 5.91 Å². The number of carbonyl (C=O) groups excluding carboxylic acids is 2. The van der Waals surface area contributed by atoms with Crippen LogP contribution in [0.3, 0.4) is 0 Å². The SMILES string of the molecule is CCOc1cc(C(=O)N(CC)CC(=O)Nc2c(Cl)cccc2Cl)ccc1OC. The Morgan fingerprint density at radius 1 is 1.07 bits per heavy atom. The van der Waals surface area contributed by atoms with E-state index in [2.05, 4.69) is 5.32 Å². The first-order valence-electron chi connectivity index (χ1n) is 8.75. The fourth-order valence-corrected chi connectivity index (χ4v) is 3.05. The Balaban J connectivity index is 2.15. The average Bonchev–Trinajstić information content (AvgIpc) is 2.68. The van der Waals surface area contributed by atoms with Crippen molar-refractivity contribution in [2.45, 2.75) is 13.8 Å². The second-order valence-corrected chi connectivity index (χ2v) is 6.58. The molecule has 2 aromatic rings. The topological polar surface area (TPSA) is 67.9 Å². The third kappa shape index (κ3) is 5.30. The molecule has 0 aliphatic rings. The van der Waals surface area contributed by atoms with Gasteiger partial charge in [0.05, 0.1) is 29.4 Å². The smallest absolute Gasteiger partial charge is 0.254 e. The van der Waals surface area contributed by atoms with E-state index in [0.717, 1.165) is 0 Å². The molecule has 2 amide bonds. The number of likely N-dealkylation sites (N-methyl/N-ethyl adjacent to an activating group) is 1. The zero-order valence-corrected chi connectivity index (χ0v) is 17.4. The normalized spacial score (nSPS) is 10.3. The van der Waals surface area contributed by atoms with Gasteiger partial charge in [-0.05, 0) is 44.2 Å². The molecule has 0 aliphatic carbocycles. The lowest BCUT2D eigenvalue weighted by atomic mass is 10.1. The van der Waals surface area contributed by atoms with Crippen LogP contribution in [0.4, 0.5) is 5.69 Å². The first-order valence-corrected chi connectivity index (χ1v) is 9.50. The van der Waals surface area contributed by atoms with Crippen molar-refractivity contribution >= 4 is 40.7 Å². The Hall–Kier alpha value is -2.44. The highest BCUT2D eigenvalue weighted by Gasteiger charge is 2.20. The number of nitrogens with one attached hydrogen (secondary N) is 1. The molecule has 0 aromatic heterocycles. The average molecular weight is 425 g/mol. The van der Waals surface area contributed by atoms with E-state index in [1.807, 2.05) is 6.92 Å². The highest BCUT2D eigenvalue weighted by Crippen LogP contribution is 2.30. The predicted octanol–water partition coefficient (Wildman–Crippen LogP) is 4.50. The predicted molar refractivity (Wildman–Crippen MR) is 111 cm³/mol. The Morgan fingerprint density at radius 2 is 1.75 bits per heavy atom. The highest BCUT2D eigenvalue weighted by atomic mass is 35.5. The zero-order chi connectivity index (χ0) is 20.7. The van der Waals surface area contributed by atoms with Crippen LogP contribution in [0.25, 0.3) is 0 Å². The summed E-state index contributed by atoms with van der Waals surface area (Å²) in [4.78, 5) is 26.7. The summed E-state index contributed by atoms with van der Waals surface area (Å²) in [5.74, 6) is 0.307. The summed E-state index contributed by atoms with van der Waals surface area (Å²) in [6.45, 7) is 4.27. The van der Waals surface area contributed by atoms with Crippen molar-refractivity contribution in [3.63, 3.8) is 0 Å². The Kier molecular flexibility index (Phi) is 7.96. The molecule has 28 heavy (non-hydrogen) atoms. The number of ether oxygens (including phenoxy) is 2. The van der Waals surface area contributed by atoms with Gasteiger partial charge in [-0.1, -0.05) is 29.3 Å². The maximum Gasteiger partial charge on any atom is 0.254 e. The summed E-state index contributed by atoms with van der Waals surface area (Å²) in [7, 11) is 1.53. The van der Waals surface area contributed by atoms with Crippen LogP contribution >= 0.6 is 23.2 Å². The number of methoxy groups -OCH3 is 1. The second kappa shape index (κ2) is 10.2. The molecule has 150 valence electrons. The molecule has 2 rings (SSSR count). The number of para-hydroxylation sites is 1. The number of carbonyl (C=O) groups is 2. The van der Waals surface area contributed by atoms with Crippen molar-refractivity contribution in [2.24, 2.45) is 0 Å². The van der Waals surface area contributed by atoms with Crippen LogP contribution in [0.5, 0.6) is 11.5 Å². The Bertz CT molecular complexity index is 838. The lowest BCUT2D eigenvalue weighted by Crippen LogP contribution is -2.38. The Labute approximate surface area is 174 Å². The van der Waals surface area contributed by atoms with E-state index in [4.69, 9.17) is 32.7 Å². The summed E-state index contributed by atoms with van der Waals surface area (Å²) >= 11 is 12.1. The standard InChI is InChI=1S/C20H22Cl2N2O4/c1-4-24(12-18(25)23-19-14(21)7-6-8-15(19)22)20(26)13-9-10-16(27-3)17(11-13)28-5-2/h6-11H,4-5,12H2,1-3H3,(H,23,25). The van der Waals surface area contributed by atoms with Crippen molar-refractivity contribution in [1.82, 2.24) is 4.90 Å². The van der Waals surface area contributed by atoms with Gasteiger partial charge in [-0.3, -0.25) is 9.59 Å². The van der Waals surface area contributed by atoms with Crippen molar-refractivity contribution in [3.05, 3.63) is 52.0 Å². The molecule has 0 aliphatic heterocycles. The molecule has 1 N–H and O–H groups in total. The number of amides is 2. The zero-order valence-electron chi connectivity index (χ0n) is 15.9. The van der Waals surface area contributed by atoms with Gasteiger partial charge in [-0.25, -0.2) is 0 Å². The van der Waals surface area contributed by atoms with Gasteiger partial charge in [0.2, 0.25) is 5.91 Å². The van der Waals surface area contributed by atoms with Crippen molar-refractivity contribution in [1.29, 1.82) is 0 Å². The van der Waals surface area contributed by atoms with Crippen LogP contribution < -0.4 is 14.8 Å². The maximum atomic E-state index is 12.9. The fourth-order valence-electron chi connectivity index (χ4n) is 2.56. The first kappa shape index (κ1) is 21.9. The van der Waals surface area contributed by atoms with Gasteiger partial charge in [-0.15, -0.1) is 0 Å². The van der Waals surface area contributed by atoms with Gasteiger partial charge in [0.25, 0.3) is 5.91 Å². The quantitative estimate of drug-likeness (QED) is 0.676. The molecule has 0 saturated heterocycles. The van der Waals surface area contributed by atoms with Gasteiger partial charge in [0.1, 0.15) is 6.54 Å². The van der Waals surface area contributed by atoms with Crippen LogP contribution in [0.2, 0.25) is 10.0 Å². The molecule has 0 unspecified atom stereocenters. The molecule has 0 saturated carbocycles. The van der Waals surface area contributed by atoms with Crippen molar-refractivity contribution in [2.75, 3.05) is 32.1 Å². The fraction of sp³-hybridized carbons (Fsp3) is 0.300. The molecule has 0 radical (unpaired) electrons. The van der Waals surface area contributed by atoms with Crippen LogP contribution in [-0.2, 0) is 4.79 Å². The number of nitrogens with zero attached hydrogens (tertiary/aromatic N) is 1. The largest absolute Gasteiger partial charge is 0.493 e. The summed E-state index contributed by atoms with van der Waals surface area (Å²) in [5.41, 5.74) is 0.720. The Morgan fingerprint density at radius 3 is 2.32 bits per heavy atom. The minimum absolute atomic E-state index is 0.146. The number of hydrogen-bond acceptors (Lipinski definition) is 4. The number of benzene rings is 2. The van der Waals surface area contributed by atoms with Crippen LogP contribution in [0.1, 0.15) is 24.2 Å². The van der Waals surface area contributed by atoms with Gasteiger partial charge in [0.15, 0.2) is 11.5 Å². The lowest BCUT2D eigenvalue weighted by molar-refractivity contribution is -0.116. The third-order valence-corrected chi connectivity index (χ3v) is 4.57. The third-order valence-electron chi connectivity index (χ3n) is 3.94. The summed E-state index contributed by atoms with van der Waals surface area (Å²) in [6, 6.07) is 9.83. The molecule has 6 nitrogen and oxygen atoms in total. The van der Waals surface area contributed by atoms with Crippen LogP contribution in [0, 0.1) is 0 Å². The van der Waals surface area contributed by atoms with Gasteiger partial charge >= 0.3 is 0 Å². The lowest BCUT2D eigenvalue weighted by Gasteiger charge is -2.21. The monoisotopic (exact) mass is 424 g/mol. The maximum absolute atomic E-state index is 12.9. The van der Waals surface area contributed by atoms with E-state index in [-0.39, 0.29) is 12.5 Å². The van der Waals surface area contributed by atoms with E-state index >= 15 is 0 Å². The minimum Gasteiger partial charge on any atom is -0.493 e. The minimum atomic E-state index is -0.399. The molecule has 0 spiro atoms. The van der Waals surface area contributed by atoms with Crippen LogP contribution in [0.15, 0.2) is 36.4 Å². The first-order chi connectivity index (χ1) is 13.4. The van der Waals surface area contributed by atoms with Gasteiger partial charge in [-0.2, -0.15) is 0 Å². The molecule has 0 fully saturated rings. The van der Waals surface area contributed by atoms with E-state index in [0.29, 0.717) is 45.9 Å². The highest BCUT2D eigenvalue weighted by molar-refractivity contribution is 6.39. The second-order valence-electron chi connectivity index (χ2n) is 5.76. The molecule has 8 heteroatoms. The van der Waals surface area contributed by atoms with E-state index in [9.17, 15) is 9.59 Å². The molecular formula is C20H22Cl2N2O4. The molecule has 0 bridgehead atoms. The van der Waals surface area contributed by atoms with E-state index in [1.54, 1.807) is 43.3 Å². The summed E-state index contributed by atoms with van der Waals surface area (Å²) < 4.78 is 10.7. The number of hydrogen-bond donors (Lipinski definition) is 1.